The Morgan fingerprint density at radius 2 is 1.79 bits per heavy atom. The molecule has 0 aliphatic carbocycles. The minimum absolute atomic E-state index is 0.171. The van der Waals surface area contributed by atoms with E-state index in [0.717, 1.165) is 16.3 Å². The molecule has 2 N–H and O–H groups in total. The number of rotatable bonds is 4. The predicted octanol–water partition coefficient (Wildman–Crippen LogP) is 3.53. The van der Waals surface area contributed by atoms with Crippen LogP contribution in [0.2, 0.25) is 0 Å². The number of hydrogen-bond donors (Lipinski definition) is 2. The van der Waals surface area contributed by atoms with Gasteiger partial charge < -0.3 is 5.32 Å². The van der Waals surface area contributed by atoms with Crippen LogP contribution >= 0.6 is 11.3 Å². The topological polar surface area (TPSA) is 91.4 Å². The van der Waals surface area contributed by atoms with E-state index in [1.54, 1.807) is 35.6 Å². The van der Waals surface area contributed by atoms with Crippen molar-refractivity contribution >= 4 is 40.4 Å². The predicted molar refractivity (Wildman–Crippen MR) is 112 cm³/mol. The highest BCUT2D eigenvalue weighted by atomic mass is 32.1. The van der Waals surface area contributed by atoms with Gasteiger partial charge in [0.2, 0.25) is 11.8 Å². The van der Waals surface area contributed by atoms with E-state index in [1.165, 1.54) is 5.01 Å². The van der Waals surface area contributed by atoms with Gasteiger partial charge in [0.25, 0.3) is 5.91 Å². The molecule has 2 aromatic carbocycles. The maximum atomic E-state index is 12.5. The molecule has 3 aromatic rings. The first-order chi connectivity index (χ1) is 14.0. The Morgan fingerprint density at radius 1 is 1.07 bits per heavy atom. The quantitative estimate of drug-likeness (QED) is 0.693. The SMILES string of the molecule is Cc1nc(-c2ccc(NC(=O)c3ccc(N4NC(=O)CCC4=O)cc3)cc2)cs1. The van der Waals surface area contributed by atoms with E-state index < -0.39 is 0 Å². The van der Waals surface area contributed by atoms with Crippen molar-refractivity contribution in [3.05, 3.63) is 64.5 Å². The van der Waals surface area contributed by atoms with Crippen LogP contribution in [0.3, 0.4) is 0 Å². The van der Waals surface area contributed by atoms with E-state index in [0.29, 0.717) is 16.9 Å². The van der Waals surface area contributed by atoms with Crippen molar-refractivity contribution in [2.24, 2.45) is 0 Å². The van der Waals surface area contributed by atoms with Crippen LogP contribution in [0.15, 0.2) is 53.9 Å². The Kier molecular flexibility index (Phi) is 5.09. The molecule has 0 atom stereocenters. The van der Waals surface area contributed by atoms with Gasteiger partial charge in [0.1, 0.15) is 0 Å². The Labute approximate surface area is 171 Å². The molecule has 0 bridgehead atoms. The molecular formula is C21H18N4O3S. The number of carbonyl (C=O) groups excluding carboxylic acids is 3. The second-order valence-corrected chi connectivity index (χ2v) is 7.66. The number of thiazole rings is 1. The van der Waals surface area contributed by atoms with E-state index in [1.807, 2.05) is 36.6 Å². The standard InChI is InChI=1S/C21H18N4O3S/c1-13-22-18(12-29-13)14-2-6-16(7-3-14)23-21(28)15-4-8-17(9-5-15)25-20(27)11-10-19(26)24-25/h2-9,12H,10-11H2,1H3,(H,23,28)(H,24,26). The molecule has 2 heterocycles. The zero-order valence-electron chi connectivity index (χ0n) is 15.6. The highest BCUT2D eigenvalue weighted by Crippen LogP contribution is 2.23. The van der Waals surface area contributed by atoms with Gasteiger partial charge in [-0.3, -0.25) is 19.8 Å². The fourth-order valence-electron chi connectivity index (χ4n) is 2.97. The van der Waals surface area contributed by atoms with Crippen molar-refractivity contribution in [2.45, 2.75) is 19.8 Å². The summed E-state index contributed by atoms with van der Waals surface area (Å²) in [6, 6.07) is 14.0. The molecule has 8 heteroatoms. The Morgan fingerprint density at radius 3 is 2.45 bits per heavy atom. The number of anilines is 2. The highest BCUT2D eigenvalue weighted by molar-refractivity contribution is 7.09. The van der Waals surface area contributed by atoms with Gasteiger partial charge in [-0.15, -0.1) is 11.3 Å². The average Bonchev–Trinajstić information content (AvgIpc) is 3.17. The number of hydrazine groups is 1. The Bertz CT molecular complexity index is 1070. The maximum absolute atomic E-state index is 12.5. The largest absolute Gasteiger partial charge is 0.322 e. The van der Waals surface area contributed by atoms with Crippen LogP contribution in [0.25, 0.3) is 11.3 Å². The summed E-state index contributed by atoms with van der Waals surface area (Å²) in [6.07, 6.45) is 0.362. The van der Waals surface area contributed by atoms with Crippen LogP contribution in [0.5, 0.6) is 0 Å². The molecule has 0 unspecified atom stereocenters. The summed E-state index contributed by atoms with van der Waals surface area (Å²) < 4.78 is 0. The van der Waals surface area contributed by atoms with Crippen molar-refractivity contribution in [3.63, 3.8) is 0 Å². The molecule has 0 spiro atoms. The lowest BCUT2D eigenvalue weighted by molar-refractivity contribution is -0.130. The summed E-state index contributed by atoms with van der Waals surface area (Å²) >= 11 is 1.59. The van der Waals surface area contributed by atoms with Gasteiger partial charge in [-0.25, -0.2) is 9.99 Å². The van der Waals surface area contributed by atoms with Crippen LogP contribution < -0.4 is 15.8 Å². The van der Waals surface area contributed by atoms with E-state index in [2.05, 4.69) is 15.7 Å². The molecule has 7 nitrogen and oxygen atoms in total. The first-order valence-corrected chi connectivity index (χ1v) is 9.94. The number of carbonyl (C=O) groups is 3. The second-order valence-electron chi connectivity index (χ2n) is 6.59. The monoisotopic (exact) mass is 406 g/mol. The van der Waals surface area contributed by atoms with Crippen LogP contribution in [-0.2, 0) is 9.59 Å². The maximum Gasteiger partial charge on any atom is 0.255 e. The first kappa shape index (κ1) is 18.8. The summed E-state index contributed by atoms with van der Waals surface area (Å²) in [5, 5.41) is 7.07. The molecule has 1 aliphatic rings. The second kappa shape index (κ2) is 7.84. The number of nitrogens with zero attached hydrogens (tertiary/aromatic N) is 2. The van der Waals surface area contributed by atoms with Gasteiger partial charge >= 0.3 is 0 Å². The molecule has 0 saturated carbocycles. The minimum atomic E-state index is -0.261. The third kappa shape index (κ3) is 4.17. The molecule has 0 radical (unpaired) electrons. The Balaban J connectivity index is 1.43. The minimum Gasteiger partial charge on any atom is -0.322 e. The summed E-state index contributed by atoms with van der Waals surface area (Å²) in [6.45, 7) is 1.96. The third-order valence-electron chi connectivity index (χ3n) is 4.50. The van der Waals surface area contributed by atoms with E-state index in [-0.39, 0.29) is 30.6 Å². The number of nitrogens with one attached hydrogen (secondary N) is 2. The number of amides is 3. The zero-order valence-corrected chi connectivity index (χ0v) is 16.5. The van der Waals surface area contributed by atoms with Crippen LogP contribution in [0.4, 0.5) is 11.4 Å². The molecule has 1 aromatic heterocycles. The van der Waals surface area contributed by atoms with Crippen LogP contribution in [-0.4, -0.2) is 22.7 Å². The molecule has 1 fully saturated rings. The summed E-state index contributed by atoms with van der Waals surface area (Å²) in [4.78, 5) is 40.4. The van der Waals surface area contributed by atoms with Crippen molar-refractivity contribution in [2.75, 3.05) is 10.3 Å². The van der Waals surface area contributed by atoms with E-state index >= 15 is 0 Å². The van der Waals surface area contributed by atoms with Gasteiger partial charge in [0, 0.05) is 35.0 Å². The molecular weight excluding hydrogens is 388 g/mol. The van der Waals surface area contributed by atoms with Gasteiger partial charge in [-0.2, -0.15) is 0 Å². The number of aromatic nitrogens is 1. The summed E-state index contributed by atoms with van der Waals surface area (Å²) in [7, 11) is 0. The molecule has 146 valence electrons. The van der Waals surface area contributed by atoms with Crippen molar-refractivity contribution in [1.82, 2.24) is 10.4 Å². The molecule has 29 heavy (non-hydrogen) atoms. The fourth-order valence-corrected chi connectivity index (χ4v) is 3.59. The molecule has 4 rings (SSSR count). The van der Waals surface area contributed by atoms with Crippen molar-refractivity contribution in [3.8, 4) is 11.3 Å². The molecule has 1 saturated heterocycles. The van der Waals surface area contributed by atoms with E-state index in [4.69, 9.17) is 0 Å². The van der Waals surface area contributed by atoms with Gasteiger partial charge in [0.05, 0.1) is 16.4 Å². The highest BCUT2D eigenvalue weighted by Gasteiger charge is 2.24. The normalized spacial score (nSPS) is 13.9. The van der Waals surface area contributed by atoms with Gasteiger partial charge in [0.15, 0.2) is 0 Å². The summed E-state index contributed by atoms with van der Waals surface area (Å²) in [5.74, 6) is -0.650. The van der Waals surface area contributed by atoms with E-state index in [9.17, 15) is 14.4 Å². The smallest absolute Gasteiger partial charge is 0.255 e. The third-order valence-corrected chi connectivity index (χ3v) is 5.27. The zero-order chi connectivity index (χ0) is 20.4. The van der Waals surface area contributed by atoms with Crippen LogP contribution in [0, 0.1) is 6.92 Å². The van der Waals surface area contributed by atoms with Crippen molar-refractivity contribution in [1.29, 1.82) is 0 Å². The lowest BCUT2D eigenvalue weighted by Crippen LogP contribution is -2.50. The van der Waals surface area contributed by atoms with Gasteiger partial charge in [-0.1, -0.05) is 12.1 Å². The van der Waals surface area contributed by atoms with Crippen molar-refractivity contribution < 1.29 is 14.4 Å². The number of hydrogen-bond acceptors (Lipinski definition) is 5. The number of aryl methyl sites for hydroxylation is 1. The van der Waals surface area contributed by atoms with Gasteiger partial charge in [-0.05, 0) is 43.3 Å². The lowest BCUT2D eigenvalue weighted by Gasteiger charge is -2.27. The molecule has 1 aliphatic heterocycles. The fraction of sp³-hybridized carbons (Fsp3) is 0.143. The molecule has 3 amide bonds. The first-order valence-electron chi connectivity index (χ1n) is 9.06. The Hall–Kier alpha value is -3.52. The average molecular weight is 406 g/mol. The van der Waals surface area contributed by atoms with Crippen LogP contribution in [0.1, 0.15) is 28.2 Å². The lowest BCUT2D eigenvalue weighted by atomic mass is 10.1. The number of benzene rings is 2. The summed E-state index contributed by atoms with van der Waals surface area (Å²) in [5.41, 5.74) is 6.08.